The van der Waals surface area contributed by atoms with Gasteiger partial charge in [0.25, 0.3) is 5.91 Å². The van der Waals surface area contributed by atoms with Crippen molar-refractivity contribution in [1.82, 2.24) is 14.2 Å². The number of nitrogens with zero attached hydrogens (tertiary/aromatic N) is 4. The summed E-state index contributed by atoms with van der Waals surface area (Å²) in [5.74, 6) is 0.580. The van der Waals surface area contributed by atoms with Gasteiger partial charge in [0.1, 0.15) is 5.75 Å². The molecule has 1 amide bonds. The number of amides is 1. The third kappa shape index (κ3) is 6.02. The summed E-state index contributed by atoms with van der Waals surface area (Å²) in [4.78, 5) is 22.8. The smallest absolute Gasteiger partial charge is 0.260 e. The van der Waals surface area contributed by atoms with E-state index in [0.717, 1.165) is 68.1 Å². The van der Waals surface area contributed by atoms with Crippen molar-refractivity contribution in [2.75, 3.05) is 64.0 Å². The average Bonchev–Trinajstić information content (AvgIpc) is 3.62. The minimum absolute atomic E-state index is 0.193. The Morgan fingerprint density at radius 3 is 2.53 bits per heavy atom. The lowest BCUT2D eigenvalue weighted by Crippen LogP contribution is -2.39. The van der Waals surface area contributed by atoms with E-state index in [1.807, 2.05) is 25.1 Å². The van der Waals surface area contributed by atoms with Crippen molar-refractivity contribution in [1.29, 1.82) is 0 Å². The van der Waals surface area contributed by atoms with Crippen molar-refractivity contribution in [3.05, 3.63) is 48.0 Å². The van der Waals surface area contributed by atoms with Gasteiger partial charge in [-0.15, -0.1) is 0 Å². The molecule has 0 spiro atoms. The van der Waals surface area contributed by atoms with Crippen LogP contribution in [0.2, 0.25) is 0 Å². The van der Waals surface area contributed by atoms with Crippen LogP contribution in [0, 0.1) is 0 Å². The van der Waals surface area contributed by atoms with Crippen molar-refractivity contribution in [3.8, 4) is 5.75 Å². The van der Waals surface area contributed by atoms with Crippen molar-refractivity contribution >= 4 is 42.6 Å². The molecule has 2 aliphatic heterocycles. The van der Waals surface area contributed by atoms with E-state index < -0.39 is 10.0 Å². The van der Waals surface area contributed by atoms with Crippen LogP contribution in [0.3, 0.4) is 0 Å². The van der Waals surface area contributed by atoms with Gasteiger partial charge in [-0.25, -0.2) is 13.4 Å². The predicted molar refractivity (Wildman–Crippen MR) is 149 cm³/mol. The summed E-state index contributed by atoms with van der Waals surface area (Å²) in [6, 6.07) is 12.1. The fourth-order valence-electron chi connectivity index (χ4n) is 4.83. The molecule has 1 aromatic heterocycles. The molecule has 2 saturated heterocycles. The Morgan fingerprint density at radius 1 is 1.08 bits per heavy atom. The Labute approximate surface area is 228 Å². The molecule has 0 aliphatic carbocycles. The van der Waals surface area contributed by atoms with Gasteiger partial charge in [-0.05, 0) is 68.7 Å². The molecule has 5 rings (SSSR count). The van der Waals surface area contributed by atoms with Crippen LogP contribution in [0.25, 0.3) is 10.2 Å². The van der Waals surface area contributed by atoms with Crippen LogP contribution in [0.1, 0.15) is 36.5 Å². The molecule has 0 N–H and O–H groups in total. The summed E-state index contributed by atoms with van der Waals surface area (Å²) in [5, 5.41) is 0.620. The topological polar surface area (TPSA) is 92.3 Å². The van der Waals surface area contributed by atoms with Gasteiger partial charge in [0.05, 0.1) is 34.9 Å². The van der Waals surface area contributed by atoms with E-state index in [4.69, 9.17) is 14.5 Å². The summed E-state index contributed by atoms with van der Waals surface area (Å²) in [6.45, 7) is 8.22. The number of rotatable bonds is 10. The van der Waals surface area contributed by atoms with Crippen LogP contribution in [-0.4, -0.2) is 87.6 Å². The molecular weight excluding hydrogens is 524 g/mol. The summed E-state index contributed by atoms with van der Waals surface area (Å²) < 4.78 is 39.4. The minimum atomic E-state index is -3.54. The molecule has 2 aromatic carbocycles. The Kier molecular flexibility index (Phi) is 8.59. The van der Waals surface area contributed by atoms with Gasteiger partial charge in [0.2, 0.25) is 10.0 Å². The van der Waals surface area contributed by atoms with Gasteiger partial charge in [-0.3, -0.25) is 14.6 Å². The van der Waals surface area contributed by atoms with Gasteiger partial charge < -0.3 is 9.47 Å². The van der Waals surface area contributed by atoms with Gasteiger partial charge in [-0.2, -0.15) is 4.31 Å². The quantitative estimate of drug-likeness (QED) is 0.373. The largest absolute Gasteiger partial charge is 0.494 e. The Balaban J connectivity index is 1.38. The molecule has 3 aromatic rings. The number of anilines is 1. The normalized spacial score (nSPS) is 17.2. The van der Waals surface area contributed by atoms with Crippen molar-refractivity contribution in [3.63, 3.8) is 0 Å². The molecule has 0 saturated carbocycles. The lowest BCUT2D eigenvalue weighted by atomic mass is 10.2. The van der Waals surface area contributed by atoms with Crippen LogP contribution in [0.15, 0.2) is 47.4 Å². The molecule has 2 fully saturated rings. The highest BCUT2D eigenvalue weighted by molar-refractivity contribution is 7.89. The first-order valence-electron chi connectivity index (χ1n) is 13.2. The monoisotopic (exact) mass is 558 g/mol. The number of morpholine rings is 1. The SMILES string of the molecule is CCOc1ccc2nc(N(CCCN3CCOCC3)C(=O)c3ccc(S(=O)(=O)N4CCCC4)cc3)sc2c1. The van der Waals surface area contributed by atoms with E-state index in [0.29, 0.717) is 36.9 Å². The first kappa shape index (κ1) is 27.0. The fourth-order valence-corrected chi connectivity index (χ4v) is 7.36. The molecule has 0 bridgehead atoms. The Hall–Kier alpha value is -2.57. The minimum Gasteiger partial charge on any atom is -0.494 e. The molecule has 11 heteroatoms. The van der Waals surface area contributed by atoms with Crippen molar-refractivity contribution in [2.45, 2.75) is 31.1 Å². The maximum atomic E-state index is 13.8. The number of carbonyl (C=O) groups is 1. The van der Waals surface area contributed by atoms with Crippen LogP contribution in [0.5, 0.6) is 5.75 Å². The third-order valence-electron chi connectivity index (χ3n) is 6.90. The number of thiazole rings is 1. The maximum Gasteiger partial charge on any atom is 0.260 e. The van der Waals surface area contributed by atoms with E-state index in [-0.39, 0.29) is 10.8 Å². The number of benzene rings is 2. The zero-order valence-corrected chi connectivity index (χ0v) is 23.3. The van der Waals surface area contributed by atoms with Gasteiger partial charge in [-0.1, -0.05) is 11.3 Å². The second-order valence-electron chi connectivity index (χ2n) is 9.46. The summed E-state index contributed by atoms with van der Waals surface area (Å²) in [7, 11) is -3.54. The Bertz CT molecular complexity index is 1350. The van der Waals surface area contributed by atoms with E-state index in [9.17, 15) is 13.2 Å². The third-order valence-corrected chi connectivity index (χ3v) is 9.85. The zero-order valence-electron chi connectivity index (χ0n) is 21.7. The van der Waals surface area contributed by atoms with Gasteiger partial charge in [0.15, 0.2) is 5.13 Å². The van der Waals surface area contributed by atoms with E-state index in [2.05, 4.69) is 4.90 Å². The highest BCUT2D eigenvalue weighted by Gasteiger charge is 2.28. The van der Waals surface area contributed by atoms with E-state index >= 15 is 0 Å². The zero-order chi connectivity index (χ0) is 26.5. The predicted octanol–water partition coefficient (Wildman–Crippen LogP) is 3.85. The first-order chi connectivity index (χ1) is 18.5. The lowest BCUT2D eigenvalue weighted by molar-refractivity contribution is 0.0376. The van der Waals surface area contributed by atoms with Gasteiger partial charge >= 0.3 is 0 Å². The van der Waals surface area contributed by atoms with E-state index in [1.165, 1.54) is 15.6 Å². The molecule has 3 heterocycles. The van der Waals surface area contributed by atoms with Crippen LogP contribution >= 0.6 is 11.3 Å². The second kappa shape index (κ2) is 12.1. The fraction of sp³-hybridized carbons (Fsp3) is 0.481. The number of fused-ring (bicyclic) bond motifs is 1. The van der Waals surface area contributed by atoms with Crippen LogP contribution < -0.4 is 9.64 Å². The molecular formula is C27H34N4O5S2. The van der Waals surface area contributed by atoms with Crippen LogP contribution in [-0.2, 0) is 14.8 Å². The average molecular weight is 559 g/mol. The molecule has 0 atom stereocenters. The standard InChI is InChI=1S/C27H34N4O5S2/c1-2-36-22-8-11-24-25(20-22)37-27(28-24)31(15-5-12-29-16-18-35-19-17-29)26(32)21-6-9-23(10-7-21)38(33,34)30-13-3-4-14-30/h6-11,20H,2-5,12-19H2,1H3. The number of ether oxygens (including phenoxy) is 2. The lowest BCUT2D eigenvalue weighted by Gasteiger charge is -2.27. The number of hydrogen-bond donors (Lipinski definition) is 0. The molecule has 9 nitrogen and oxygen atoms in total. The maximum absolute atomic E-state index is 13.8. The summed E-state index contributed by atoms with van der Waals surface area (Å²) in [6.07, 6.45) is 2.54. The van der Waals surface area contributed by atoms with E-state index in [1.54, 1.807) is 29.2 Å². The summed E-state index contributed by atoms with van der Waals surface area (Å²) in [5.41, 5.74) is 1.25. The highest BCUT2D eigenvalue weighted by Crippen LogP contribution is 2.32. The molecule has 204 valence electrons. The van der Waals surface area contributed by atoms with Crippen molar-refractivity contribution < 1.29 is 22.7 Å². The molecule has 0 unspecified atom stereocenters. The number of hydrogen-bond acceptors (Lipinski definition) is 8. The van der Waals surface area contributed by atoms with Crippen LogP contribution in [0.4, 0.5) is 5.13 Å². The van der Waals surface area contributed by atoms with Crippen molar-refractivity contribution in [2.24, 2.45) is 0 Å². The Morgan fingerprint density at radius 2 is 1.82 bits per heavy atom. The number of carbonyl (C=O) groups excluding carboxylic acids is 1. The number of sulfonamides is 1. The molecule has 2 aliphatic rings. The molecule has 38 heavy (non-hydrogen) atoms. The van der Waals surface area contributed by atoms with Gasteiger partial charge in [0, 0.05) is 44.8 Å². The highest BCUT2D eigenvalue weighted by atomic mass is 32.2. The second-order valence-corrected chi connectivity index (χ2v) is 12.4. The molecule has 0 radical (unpaired) electrons. The first-order valence-corrected chi connectivity index (χ1v) is 15.5. The summed E-state index contributed by atoms with van der Waals surface area (Å²) >= 11 is 1.46. The number of aromatic nitrogens is 1.